The normalized spacial score (nSPS) is 11.8. The summed E-state index contributed by atoms with van der Waals surface area (Å²) >= 11 is 1.35. The Hall–Kier alpha value is -2.75. The van der Waals surface area contributed by atoms with Crippen molar-refractivity contribution in [2.75, 3.05) is 5.32 Å². The number of carbonyl (C=O) groups is 1. The number of amides is 2. The number of hydrogen-bond acceptors (Lipinski definition) is 5. The van der Waals surface area contributed by atoms with Crippen LogP contribution in [0.25, 0.3) is 10.4 Å². The molecule has 0 aliphatic rings. The zero-order valence-corrected chi connectivity index (χ0v) is 18.6. The molecule has 0 bridgehead atoms. The van der Waals surface area contributed by atoms with Gasteiger partial charge >= 0.3 is 6.03 Å². The number of hydrogen-bond donors (Lipinski definition) is 3. The largest absolute Gasteiger partial charge is 0.334 e. The fourth-order valence-corrected chi connectivity index (χ4v) is 5.18. The van der Waals surface area contributed by atoms with Crippen LogP contribution in [0.15, 0.2) is 65.1 Å². The highest BCUT2D eigenvalue weighted by Gasteiger charge is 2.26. The van der Waals surface area contributed by atoms with E-state index >= 15 is 0 Å². The summed E-state index contributed by atoms with van der Waals surface area (Å²) in [7, 11) is -3.83. The Balaban J connectivity index is 1.85. The molecule has 1 aromatic heterocycles. The van der Waals surface area contributed by atoms with Crippen molar-refractivity contribution in [3.8, 4) is 10.4 Å². The predicted octanol–water partition coefficient (Wildman–Crippen LogP) is 4.21. The molecule has 2 aromatic carbocycles. The van der Waals surface area contributed by atoms with Crippen molar-refractivity contribution in [2.45, 2.75) is 37.8 Å². The number of nitrogens with one attached hydrogen (secondary N) is 3. The smallest absolute Gasteiger partial charge is 0.319 e. The first kappa shape index (κ1) is 21.9. The van der Waals surface area contributed by atoms with Crippen molar-refractivity contribution in [1.29, 1.82) is 0 Å². The zero-order chi connectivity index (χ0) is 21.8. The van der Waals surface area contributed by atoms with Gasteiger partial charge in [0.1, 0.15) is 0 Å². The van der Waals surface area contributed by atoms with E-state index in [0.29, 0.717) is 17.8 Å². The van der Waals surface area contributed by atoms with E-state index in [1.165, 1.54) is 17.4 Å². The highest BCUT2D eigenvalue weighted by Crippen LogP contribution is 2.32. The zero-order valence-electron chi connectivity index (χ0n) is 17.0. The van der Waals surface area contributed by atoms with E-state index in [9.17, 15) is 13.2 Å². The summed E-state index contributed by atoms with van der Waals surface area (Å²) in [6, 6.07) is 13.9. The molecule has 2 amide bonds. The number of rotatable bonds is 6. The van der Waals surface area contributed by atoms with Gasteiger partial charge in [-0.15, -0.1) is 11.3 Å². The van der Waals surface area contributed by atoms with Crippen molar-refractivity contribution < 1.29 is 13.2 Å². The Labute approximate surface area is 180 Å². The number of carbonyl (C=O) groups excluding carboxylic acids is 1. The third-order valence-electron chi connectivity index (χ3n) is 3.96. The summed E-state index contributed by atoms with van der Waals surface area (Å²) in [4.78, 5) is 17.1. The quantitative estimate of drug-likeness (QED) is 0.530. The molecular weight excluding hydrogens is 420 g/mol. The second-order valence-corrected chi connectivity index (χ2v) is 10.3. The number of anilines is 1. The van der Waals surface area contributed by atoms with Crippen LogP contribution < -0.4 is 15.4 Å². The summed E-state index contributed by atoms with van der Waals surface area (Å²) in [5.41, 5.74) is 2.87. The lowest BCUT2D eigenvalue weighted by Crippen LogP contribution is -2.40. The molecule has 3 aromatic rings. The molecule has 0 atom stereocenters. The first-order valence-corrected chi connectivity index (χ1v) is 11.7. The van der Waals surface area contributed by atoms with Crippen LogP contribution in [0.2, 0.25) is 0 Å². The minimum absolute atomic E-state index is 0.0857. The Morgan fingerprint density at radius 1 is 1.10 bits per heavy atom. The molecule has 0 radical (unpaired) electrons. The van der Waals surface area contributed by atoms with E-state index in [4.69, 9.17) is 0 Å². The summed E-state index contributed by atoms with van der Waals surface area (Å²) < 4.78 is 28.8. The third kappa shape index (κ3) is 5.88. The highest BCUT2D eigenvalue weighted by atomic mass is 32.2. The van der Waals surface area contributed by atoms with Gasteiger partial charge < -0.3 is 10.6 Å². The molecule has 158 valence electrons. The number of aromatic nitrogens is 1. The van der Waals surface area contributed by atoms with Gasteiger partial charge in [-0.2, -0.15) is 0 Å². The van der Waals surface area contributed by atoms with Crippen molar-refractivity contribution >= 4 is 33.1 Å². The summed E-state index contributed by atoms with van der Waals surface area (Å²) in [6.07, 6.45) is 1.62. The molecule has 3 rings (SSSR count). The molecular formula is C21H24N4O3S2. The van der Waals surface area contributed by atoms with Gasteiger partial charge in [0, 0.05) is 29.5 Å². The van der Waals surface area contributed by atoms with Crippen molar-refractivity contribution in [1.82, 2.24) is 15.0 Å². The highest BCUT2D eigenvalue weighted by molar-refractivity contribution is 7.89. The van der Waals surface area contributed by atoms with Gasteiger partial charge in [-0.05, 0) is 38.5 Å². The maximum Gasteiger partial charge on any atom is 0.319 e. The van der Waals surface area contributed by atoms with Gasteiger partial charge in [0.05, 0.1) is 15.3 Å². The molecule has 9 heteroatoms. The number of urea groups is 1. The summed E-state index contributed by atoms with van der Waals surface area (Å²) in [6.45, 7) is 5.69. The summed E-state index contributed by atoms with van der Waals surface area (Å²) in [5, 5.41) is 5.47. The maximum atomic E-state index is 13.1. The van der Waals surface area contributed by atoms with Crippen LogP contribution in [0.1, 0.15) is 26.3 Å². The molecule has 0 unspecified atom stereocenters. The van der Waals surface area contributed by atoms with E-state index in [-0.39, 0.29) is 4.90 Å². The third-order valence-corrected chi connectivity index (χ3v) is 6.57. The van der Waals surface area contributed by atoms with Gasteiger partial charge in [-0.25, -0.2) is 17.9 Å². The van der Waals surface area contributed by atoms with E-state index in [1.807, 2.05) is 30.3 Å². The summed E-state index contributed by atoms with van der Waals surface area (Å²) in [5.74, 6) is 0. The number of benzene rings is 2. The van der Waals surface area contributed by atoms with Crippen LogP contribution in [0.4, 0.5) is 10.5 Å². The fourth-order valence-electron chi connectivity index (χ4n) is 2.79. The van der Waals surface area contributed by atoms with E-state index in [2.05, 4.69) is 20.3 Å². The lowest BCUT2D eigenvalue weighted by atomic mass is 10.1. The van der Waals surface area contributed by atoms with Crippen LogP contribution in [0.5, 0.6) is 0 Å². The molecule has 1 heterocycles. The molecule has 0 spiro atoms. The topological polar surface area (TPSA) is 100 Å². The standard InChI is InChI=1S/C21H24N4O3S2/c1-21(2,3)25-30(27,28)19-11-16(9-10-17(19)18-13-22-14-29-18)24-20(26)23-12-15-7-5-4-6-8-15/h4-11,13-14,25H,12H2,1-3H3,(H2,23,24,26). The number of thiazole rings is 1. The van der Waals surface area contributed by atoms with E-state index in [1.54, 1.807) is 44.6 Å². The maximum absolute atomic E-state index is 13.1. The Morgan fingerprint density at radius 3 is 2.47 bits per heavy atom. The van der Waals surface area contributed by atoms with Gasteiger partial charge in [0.15, 0.2) is 0 Å². The van der Waals surface area contributed by atoms with Crippen molar-refractivity contribution in [3.63, 3.8) is 0 Å². The second kappa shape index (κ2) is 8.95. The molecule has 0 fully saturated rings. The average Bonchev–Trinajstić information content (AvgIpc) is 3.20. The van der Waals surface area contributed by atoms with E-state index in [0.717, 1.165) is 10.4 Å². The molecule has 30 heavy (non-hydrogen) atoms. The molecule has 0 aliphatic heterocycles. The SMILES string of the molecule is CC(C)(C)NS(=O)(=O)c1cc(NC(=O)NCc2ccccc2)ccc1-c1cncs1. The number of nitrogens with zero attached hydrogens (tertiary/aromatic N) is 1. The molecule has 0 saturated carbocycles. The second-order valence-electron chi connectivity index (χ2n) is 7.73. The lowest BCUT2D eigenvalue weighted by molar-refractivity contribution is 0.251. The fraction of sp³-hybridized carbons (Fsp3) is 0.238. The Morgan fingerprint density at radius 2 is 1.83 bits per heavy atom. The minimum atomic E-state index is -3.83. The molecule has 0 aliphatic carbocycles. The van der Waals surface area contributed by atoms with Gasteiger partial charge in [-0.1, -0.05) is 36.4 Å². The monoisotopic (exact) mass is 444 g/mol. The van der Waals surface area contributed by atoms with Crippen molar-refractivity contribution in [3.05, 3.63) is 65.8 Å². The van der Waals surface area contributed by atoms with Crippen LogP contribution in [0.3, 0.4) is 0 Å². The first-order valence-electron chi connectivity index (χ1n) is 9.30. The van der Waals surface area contributed by atoms with Crippen LogP contribution in [-0.4, -0.2) is 25.0 Å². The van der Waals surface area contributed by atoms with Gasteiger partial charge in [0.25, 0.3) is 0 Å². The van der Waals surface area contributed by atoms with Gasteiger partial charge in [0.2, 0.25) is 10.0 Å². The van der Waals surface area contributed by atoms with Crippen LogP contribution >= 0.6 is 11.3 Å². The average molecular weight is 445 g/mol. The van der Waals surface area contributed by atoms with Crippen LogP contribution in [-0.2, 0) is 16.6 Å². The minimum Gasteiger partial charge on any atom is -0.334 e. The first-order chi connectivity index (χ1) is 14.1. The lowest BCUT2D eigenvalue weighted by Gasteiger charge is -2.22. The Bertz CT molecular complexity index is 1110. The van der Waals surface area contributed by atoms with E-state index < -0.39 is 21.6 Å². The van der Waals surface area contributed by atoms with Crippen molar-refractivity contribution in [2.24, 2.45) is 0 Å². The number of sulfonamides is 1. The Kier molecular flexibility index (Phi) is 6.55. The molecule has 0 saturated heterocycles. The molecule has 7 nitrogen and oxygen atoms in total. The predicted molar refractivity (Wildman–Crippen MR) is 120 cm³/mol. The van der Waals surface area contributed by atoms with Gasteiger partial charge in [-0.3, -0.25) is 4.98 Å². The molecule has 3 N–H and O–H groups in total. The van der Waals surface area contributed by atoms with Crippen LogP contribution in [0, 0.1) is 0 Å².